The van der Waals surface area contributed by atoms with Crippen molar-refractivity contribution in [3.8, 4) is 0 Å². The molecule has 1 unspecified atom stereocenters. The van der Waals surface area contributed by atoms with Crippen LogP contribution in [0.1, 0.15) is 58.2 Å². The maximum absolute atomic E-state index is 14.3. The van der Waals surface area contributed by atoms with Gasteiger partial charge in [-0.3, -0.25) is 0 Å². The highest BCUT2D eigenvalue weighted by Gasteiger charge is 2.67. The normalized spacial score (nSPS) is 21.3. The van der Waals surface area contributed by atoms with Gasteiger partial charge in [-0.1, -0.05) is 34.6 Å². The molecular formula is C18H27F2N. The summed E-state index contributed by atoms with van der Waals surface area (Å²) in [6.07, 6.45) is 0.992. The fourth-order valence-corrected chi connectivity index (χ4v) is 3.71. The van der Waals surface area contributed by atoms with Crippen LogP contribution >= 0.6 is 0 Å². The van der Waals surface area contributed by atoms with Crippen molar-refractivity contribution in [3.05, 3.63) is 34.9 Å². The van der Waals surface area contributed by atoms with Gasteiger partial charge in [0.15, 0.2) is 0 Å². The highest BCUT2D eigenvalue weighted by atomic mass is 19.1. The topological polar surface area (TPSA) is 12.0 Å². The standard InChI is InChI=1S/C18H27F2N/c1-7-8-21-15(16-17(3,4)18(16,5)6)12-9-11(2)13(19)10-14(12)20/h9-10,15-16,21H,7-8H2,1-6H3. The van der Waals surface area contributed by atoms with E-state index in [0.717, 1.165) is 19.0 Å². The largest absolute Gasteiger partial charge is 0.310 e. The van der Waals surface area contributed by atoms with Gasteiger partial charge in [0, 0.05) is 17.7 Å². The average molecular weight is 295 g/mol. The van der Waals surface area contributed by atoms with Crippen LogP contribution in [-0.4, -0.2) is 6.54 Å². The zero-order chi connectivity index (χ0) is 16.0. The lowest BCUT2D eigenvalue weighted by atomic mass is 9.94. The second kappa shape index (κ2) is 5.35. The molecule has 1 aliphatic rings. The molecule has 0 radical (unpaired) electrons. The molecule has 0 bridgehead atoms. The van der Waals surface area contributed by atoms with Gasteiger partial charge in [0.25, 0.3) is 0 Å². The zero-order valence-electron chi connectivity index (χ0n) is 14.0. The van der Waals surface area contributed by atoms with Crippen molar-refractivity contribution in [1.29, 1.82) is 0 Å². The molecule has 0 aromatic heterocycles. The van der Waals surface area contributed by atoms with E-state index in [9.17, 15) is 8.78 Å². The summed E-state index contributed by atoms with van der Waals surface area (Å²) in [5.41, 5.74) is 1.40. The molecule has 0 spiro atoms. The third-order valence-electron chi connectivity index (χ3n) is 5.69. The smallest absolute Gasteiger partial charge is 0.130 e. The van der Waals surface area contributed by atoms with Crippen molar-refractivity contribution in [2.45, 2.75) is 54.0 Å². The third kappa shape index (κ3) is 2.61. The van der Waals surface area contributed by atoms with E-state index in [1.54, 1.807) is 13.0 Å². The van der Waals surface area contributed by atoms with Crippen LogP contribution in [0.25, 0.3) is 0 Å². The summed E-state index contributed by atoms with van der Waals surface area (Å²) in [6, 6.07) is 2.63. The Kier molecular flexibility index (Phi) is 4.18. The summed E-state index contributed by atoms with van der Waals surface area (Å²) in [5, 5.41) is 3.48. The molecule has 1 N–H and O–H groups in total. The number of aryl methyl sites for hydroxylation is 1. The summed E-state index contributed by atoms with van der Waals surface area (Å²) in [4.78, 5) is 0. The van der Waals surface area contributed by atoms with Crippen LogP contribution in [0.3, 0.4) is 0 Å². The Labute approximate surface area is 127 Å². The molecule has 2 rings (SSSR count). The molecule has 1 aliphatic carbocycles. The van der Waals surface area contributed by atoms with Gasteiger partial charge in [-0.15, -0.1) is 0 Å². The minimum atomic E-state index is -0.472. The molecule has 3 heteroatoms. The summed E-state index contributed by atoms with van der Waals surface area (Å²) < 4.78 is 27.9. The Morgan fingerprint density at radius 3 is 2.14 bits per heavy atom. The van der Waals surface area contributed by atoms with Crippen LogP contribution in [0, 0.1) is 35.3 Å². The van der Waals surface area contributed by atoms with Gasteiger partial charge >= 0.3 is 0 Å². The SMILES string of the molecule is CCCNC(c1cc(C)c(F)cc1F)C1C(C)(C)C1(C)C. The van der Waals surface area contributed by atoms with E-state index in [0.29, 0.717) is 17.0 Å². The molecule has 118 valence electrons. The number of halogens is 2. The van der Waals surface area contributed by atoms with Crippen LogP contribution in [-0.2, 0) is 0 Å². The first kappa shape index (κ1) is 16.4. The first-order chi connectivity index (χ1) is 9.64. The maximum Gasteiger partial charge on any atom is 0.130 e. The summed E-state index contributed by atoms with van der Waals surface area (Å²) in [5.74, 6) is -0.569. The van der Waals surface area contributed by atoms with E-state index in [1.165, 1.54) is 0 Å². The number of hydrogen-bond acceptors (Lipinski definition) is 1. The molecule has 1 nitrogen and oxygen atoms in total. The van der Waals surface area contributed by atoms with E-state index in [-0.39, 0.29) is 16.9 Å². The fraction of sp³-hybridized carbons (Fsp3) is 0.667. The van der Waals surface area contributed by atoms with Crippen molar-refractivity contribution in [2.24, 2.45) is 16.7 Å². The van der Waals surface area contributed by atoms with Crippen LogP contribution in [0.2, 0.25) is 0 Å². The third-order valence-corrected chi connectivity index (χ3v) is 5.69. The lowest BCUT2D eigenvalue weighted by Gasteiger charge is -2.22. The predicted octanol–water partition coefficient (Wildman–Crippen LogP) is 5.00. The minimum Gasteiger partial charge on any atom is -0.310 e. The number of hydrogen-bond donors (Lipinski definition) is 1. The second-order valence-electron chi connectivity index (χ2n) is 7.48. The minimum absolute atomic E-state index is 0.0609. The van der Waals surface area contributed by atoms with Gasteiger partial charge in [0.05, 0.1) is 0 Å². The molecule has 1 atom stereocenters. The summed E-state index contributed by atoms with van der Waals surface area (Å²) in [6.45, 7) is 13.5. The molecule has 0 amide bonds. The van der Waals surface area contributed by atoms with Gasteiger partial charge in [0.1, 0.15) is 11.6 Å². The monoisotopic (exact) mass is 295 g/mol. The molecule has 0 heterocycles. The highest BCUT2D eigenvalue weighted by molar-refractivity contribution is 5.32. The molecule has 1 aromatic carbocycles. The van der Waals surface area contributed by atoms with Crippen LogP contribution in [0.5, 0.6) is 0 Å². The van der Waals surface area contributed by atoms with Gasteiger partial charge in [-0.2, -0.15) is 0 Å². The van der Waals surface area contributed by atoms with Crippen molar-refractivity contribution in [2.75, 3.05) is 6.54 Å². The molecular weight excluding hydrogens is 268 g/mol. The Hall–Kier alpha value is -0.960. The van der Waals surface area contributed by atoms with E-state index < -0.39 is 11.6 Å². The molecule has 1 aromatic rings. The summed E-state index contributed by atoms with van der Waals surface area (Å²) in [7, 11) is 0. The maximum atomic E-state index is 14.3. The van der Waals surface area contributed by atoms with E-state index in [4.69, 9.17) is 0 Å². The van der Waals surface area contributed by atoms with Crippen molar-refractivity contribution in [1.82, 2.24) is 5.32 Å². The quantitative estimate of drug-likeness (QED) is 0.806. The van der Waals surface area contributed by atoms with E-state index in [2.05, 4.69) is 39.9 Å². The first-order valence-electron chi connectivity index (χ1n) is 7.83. The Morgan fingerprint density at radius 2 is 1.67 bits per heavy atom. The Morgan fingerprint density at radius 1 is 1.10 bits per heavy atom. The van der Waals surface area contributed by atoms with Crippen molar-refractivity contribution < 1.29 is 8.78 Å². The van der Waals surface area contributed by atoms with Crippen LogP contribution in [0.4, 0.5) is 8.78 Å². The average Bonchev–Trinajstić information content (AvgIpc) is 2.78. The summed E-state index contributed by atoms with van der Waals surface area (Å²) >= 11 is 0. The Bertz CT molecular complexity index is 520. The molecule has 1 fully saturated rings. The molecule has 0 aliphatic heterocycles. The fourth-order valence-electron chi connectivity index (χ4n) is 3.71. The Balaban J connectivity index is 2.41. The predicted molar refractivity (Wildman–Crippen MR) is 83.2 cm³/mol. The van der Waals surface area contributed by atoms with Gasteiger partial charge in [0.2, 0.25) is 0 Å². The first-order valence-corrected chi connectivity index (χ1v) is 7.83. The molecule has 1 saturated carbocycles. The van der Waals surface area contributed by atoms with Crippen molar-refractivity contribution in [3.63, 3.8) is 0 Å². The van der Waals surface area contributed by atoms with E-state index >= 15 is 0 Å². The molecule has 21 heavy (non-hydrogen) atoms. The van der Waals surface area contributed by atoms with E-state index in [1.807, 2.05) is 0 Å². The lowest BCUT2D eigenvalue weighted by Crippen LogP contribution is -2.27. The highest BCUT2D eigenvalue weighted by Crippen LogP contribution is 2.72. The van der Waals surface area contributed by atoms with Gasteiger partial charge < -0.3 is 5.32 Å². The van der Waals surface area contributed by atoms with Crippen molar-refractivity contribution >= 4 is 0 Å². The van der Waals surface area contributed by atoms with Crippen LogP contribution < -0.4 is 5.32 Å². The number of rotatable bonds is 5. The lowest BCUT2D eigenvalue weighted by molar-refractivity contribution is 0.394. The molecule has 0 saturated heterocycles. The van der Waals surface area contributed by atoms with Gasteiger partial charge in [-0.25, -0.2) is 8.78 Å². The second-order valence-corrected chi connectivity index (χ2v) is 7.48. The zero-order valence-corrected chi connectivity index (χ0v) is 14.0. The number of benzene rings is 1. The number of nitrogens with one attached hydrogen (secondary N) is 1. The van der Waals surface area contributed by atoms with Gasteiger partial charge in [-0.05, 0) is 48.3 Å². The van der Waals surface area contributed by atoms with Crippen LogP contribution in [0.15, 0.2) is 12.1 Å².